The molecule has 0 radical (unpaired) electrons. The highest BCUT2D eigenvalue weighted by Crippen LogP contribution is 2.22. The summed E-state index contributed by atoms with van der Waals surface area (Å²) in [6, 6.07) is 8.97. The summed E-state index contributed by atoms with van der Waals surface area (Å²) in [5.41, 5.74) is 2.67. The number of hydrogen-bond acceptors (Lipinski definition) is 5. The Morgan fingerprint density at radius 2 is 2.00 bits per heavy atom. The van der Waals surface area contributed by atoms with Gasteiger partial charge in [-0.25, -0.2) is 14.4 Å². The molecule has 0 fully saturated rings. The van der Waals surface area contributed by atoms with Gasteiger partial charge in [0.25, 0.3) is 0 Å². The molecule has 0 aliphatic carbocycles. The second-order valence-electron chi connectivity index (χ2n) is 6.20. The first-order valence-electron chi connectivity index (χ1n) is 8.41. The van der Waals surface area contributed by atoms with Crippen LogP contribution in [-0.2, 0) is 26.2 Å². The average Bonchev–Trinajstić information content (AvgIpc) is 3.07. The van der Waals surface area contributed by atoms with Gasteiger partial charge in [-0.2, -0.15) is 5.10 Å². The molecule has 1 aliphatic rings. The molecule has 4 rings (SSSR count). The molecule has 0 amide bonds. The van der Waals surface area contributed by atoms with E-state index in [4.69, 9.17) is 11.6 Å². The molecule has 134 valence electrons. The minimum absolute atomic E-state index is 0.168. The van der Waals surface area contributed by atoms with Crippen molar-refractivity contribution in [3.63, 3.8) is 0 Å². The van der Waals surface area contributed by atoms with Gasteiger partial charge < -0.3 is 5.32 Å². The van der Waals surface area contributed by atoms with Crippen LogP contribution in [0.25, 0.3) is 0 Å². The van der Waals surface area contributed by atoms with Gasteiger partial charge in [0, 0.05) is 37.6 Å². The lowest BCUT2D eigenvalue weighted by Gasteiger charge is -2.27. The van der Waals surface area contributed by atoms with E-state index in [-0.39, 0.29) is 10.8 Å². The van der Waals surface area contributed by atoms with Crippen molar-refractivity contribution in [1.29, 1.82) is 0 Å². The zero-order chi connectivity index (χ0) is 17.9. The molecule has 1 N–H and O–H groups in total. The molecule has 0 bridgehead atoms. The maximum absolute atomic E-state index is 14.1. The molecular formula is C18H18ClFN6. The number of benzene rings is 1. The van der Waals surface area contributed by atoms with Crippen molar-refractivity contribution in [3.05, 3.63) is 70.5 Å². The van der Waals surface area contributed by atoms with E-state index >= 15 is 0 Å². The van der Waals surface area contributed by atoms with E-state index in [9.17, 15) is 4.39 Å². The number of nitrogens with one attached hydrogen (secondary N) is 1. The highest BCUT2D eigenvalue weighted by atomic mass is 35.5. The monoisotopic (exact) mass is 372 g/mol. The zero-order valence-electron chi connectivity index (χ0n) is 14.1. The SMILES string of the molecule is Fc1c(Cl)cccc1CN1CCn2nc(CNc3ncccn3)cc2C1. The van der Waals surface area contributed by atoms with Gasteiger partial charge in [-0.05, 0) is 18.2 Å². The van der Waals surface area contributed by atoms with Gasteiger partial charge in [-0.1, -0.05) is 23.7 Å². The second-order valence-corrected chi connectivity index (χ2v) is 6.61. The summed E-state index contributed by atoms with van der Waals surface area (Å²) in [5.74, 6) is 0.248. The van der Waals surface area contributed by atoms with Crippen LogP contribution in [-0.4, -0.2) is 31.2 Å². The highest BCUT2D eigenvalue weighted by Gasteiger charge is 2.20. The summed E-state index contributed by atoms with van der Waals surface area (Å²) in [4.78, 5) is 10.5. The van der Waals surface area contributed by atoms with Crippen LogP contribution in [0.3, 0.4) is 0 Å². The van der Waals surface area contributed by atoms with Crippen LogP contribution in [0.1, 0.15) is 17.0 Å². The topological polar surface area (TPSA) is 58.9 Å². The van der Waals surface area contributed by atoms with E-state index in [0.29, 0.717) is 24.6 Å². The van der Waals surface area contributed by atoms with Crippen LogP contribution >= 0.6 is 11.6 Å². The van der Waals surface area contributed by atoms with Crippen LogP contribution in [0.15, 0.2) is 42.7 Å². The predicted octanol–water partition coefficient (Wildman–Crippen LogP) is 3.09. The minimum atomic E-state index is -0.332. The van der Waals surface area contributed by atoms with E-state index in [1.807, 2.05) is 4.68 Å². The molecule has 26 heavy (non-hydrogen) atoms. The van der Waals surface area contributed by atoms with Gasteiger partial charge in [0.1, 0.15) is 5.82 Å². The van der Waals surface area contributed by atoms with Crippen molar-refractivity contribution in [1.82, 2.24) is 24.6 Å². The average molecular weight is 373 g/mol. The first-order chi connectivity index (χ1) is 12.7. The molecule has 0 atom stereocenters. The highest BCUT2D eigenvalue weighted by molar-refractivity contribution is 6.30. The number of halogens is 2. The van der Waals surface area contributed by atoms with Gasteiger partial charge >= 0.3 is 0 Å². The third-order valence-electron chi connectivity index (χ3n) is 4.35. The lowest BCUT2D eigenvalue weighted by Crippen LogP contribution is -2.33. The van der Waals surface area contributed by atoms with Gasteiger partial charge in [0.2, 0.25) is 5.95 Å². The summed E-state index contributed by atoms with van der Waals surface area (Å²) < 4.78 is 16.1. The maximum atomic E-state index is 14.1. The van der Waals surface area contributed by atoms with E-state index in [1.165, 1.54) is 0 Å². The smallest absolute Gasteiger partial charge is 0.222 e. The Bertz CT molecular complexity index is 898. The molecule has 3 aromatic rings. The summed E-state index contributed by atoms with van der Waals surface area (Å²) in [7, 11) is 0. The molecule has 8 heteroatoms. The lowest BCUT2D eigenvalue weighted by molar-refractivity contribution is 0.202. The molecule has 1 aliphatic heterocycles. The lowest BCUT2D eigenvalue weighted by atomic mass is 10.2. The van der Waals surface area contributed by atoms with E-state index in [1.54, 1.807) is 36.7 Å². The summed E-state index contributed by atoms with van der Waals surface area (Å²) in [6.45, 7) is 3.41. The quantitative estimate of drug-likeness (QED) is 0.745. The molecule has 0 saturated heterocycles. The number of anilines is 1. The van der Waals surface area contributed by atoms with Crippen molar-refractivity contribution in [2.75, 3.05) is 11.9 Å². The van der Waals surface area contributed by atoms with E-state index < -0.39 is 0 Å². The van der Waals surface area contributed by atoms with Gasteiger partial charge in [-0.3, -0.25) is 9.58 Å². The third-order valence-corrected chi connectivity index (χ3v) is 4.64. The largest absolute Gasteiger partial charge is 0.348 e. The van der Waals surface area contributed by atoms with Crippen molar-refractivity contribution in [2.45, 2.75) is 26.2 Å². The fraction of sp³-hybridized carbons (Fsp3) is 0.278. The Labute approximate surface area is 155 Å². The Hall–Kier alpha value is -2.51. The third kappa shape index (κ3) is 3.68. The fourth-order valence-electron chi connectivity index (χ4n) is 3.07. The zero-order valence-corrected chi connectivity index (χ0v) is 14.8. The summed E-state index contributed by atoms with van der Waals surface area (Å²) in [6.07, 6.45) is 3.39. The molecule has 2 aromatic heterocycles. The van der Waals surface area contributed by atoms with Gasteiger partial charge in [0.15, 0.2) is 0 Å². The van der Waals surface area contributed by atoms with Gasteiger partial charge in [-0.15, -0.1) is 0 Å². The molecular weight excluding hydrogens is 355 g/mol. The second kappa shape index (κ2) is 7.39. The Kier molecular flexibility index (Phi) is 4.81. The van der Waals surface area contributed by atoms with Crippen LogP contribution in [0, 0.1) is 5.82 Å². The summed E-state index contributed by atoms with van der Waals surface area (Å²) in [5, 5.41) is 7.94. The van der Waals surface area contributed by atoms with Crippen molar-refractivity contribution in [3.8, 4) is 0 Å². The van der Waals surface area contributed by atoms with Crippen LogP contribution in [0.4, 0.5) is 10.3 Å². The van der Waals surface area contributed by atoms with Crippen molar-refractivity contribution in [2.24, 2.45) is 0 Å². The van der Waals surface area contributed by atoms with Gasteiger partial charge in [0.05, 0.1) is 29.5 Å². The minimum Gasteiger partial charge on any atom is -0.348 e. The first kappa shape index (κ1) is 16.9. The number of nitrogens with zero attached hydrogens (tertiary/aromatic N) is 5. The Morgan fingerprint density at radius 3 is 2.85 bits per heavy atom. The van der Waals surface area contributed by atoms with E-state index in [0.717, 1.165) is 31.0 Å². The molecule has 0 spiro atoms. The van der Waals surface area contributed by atoms with Crippen LogP contribution in [0.5, 0.6) is 0 Å². The first-order valence-corrected chi connectivity index (χ1v) is 8.78. The number of hydrogen-bond donors (Lipinski definition) is 1. The molecule has 6 nitrogen and oxygen atoms in total. The normalized spacial score (nSPS) is 14.2. The Balaban J connectivity index is 1.41. The summed E-state index contributed by atoms with van der Waals surface area (Å²) >= 11 is 5.88. The molecule has 0 saturated carbocycles. The standard InChI is InChI=1S/C18H18ClFN6/c19-16-4-1-3-13(17(16)20)11-25-7-8-26-15(12-25)9-14(24-26)10-23-18-21-5-2-6-22-18/h1-6,9H,7-8,10-12H2,(H,21,22,23). The van der Waals surface area contributed by atoms with E-state index in [2.05, 4.69) is 31.3 Å². The maximum Gasteiger partial charge on any atom is 0.222 e. The molecule has 1 aromatic carbocycles. The van der Waals surface area contributed by atoms with Crippen molar-refractivity contribution >= 4 is 17.5 Å². The number of rotatable bonds is 5. The molecule has 3 heterocycles. The Morgan fingerprint density at radius 1 is 1.15 bits per heavy atom. The van der Waals surface area contributed by atoms with Crippen LogP contribution < -0.4 is 5.32 Å². The molecule has 0 unspecified atom stereocenters. The number of fused-ring (bicyclic) bond motifs is 1. The predicted molar refractivity (Wildman–Crippen MR) is 97.1 cm³/mol. The van der Waals surface area contributed by atoms with Crippen molar-refractivity contribution < 1.29 is 4.39 Å². The van der Waals surface area contributed by atoms with Crippen LogP contribution in [0.2, 0.25) is 5.02 Å². The number of aromatic nitrogens is 4. The fourth-order valence-corrected chi connectivity index (χ4v) is 3.27.